The summed E-state index contributed by atoms with van der Waals surface area (Å²) in [6.45, 7) is 0.0106. The first kappa shape index (κ1) is 23.0. The maximum absolute atomic E-state index is 12.2. The minimum Gasteiger partial charge on any atom is -0.507 e. The number of benzene rings is 2. The number of esters is 1. The number of carbonyl (C=O) groups is 2. The van der Waals surface area contributed by atoms with Gasteiger partial charge in [0.05, 0.1) is 38.6 Å². The van der Waals surface area contributed by atoms with Crippen molar-refractivity contribution in [2.24, 2.45) is 0 Å². The highest BCUT2D eigenvalue weighted by Crippen LogP contribution is 2.43. The van der Waals surface area contributed by atoms with Gasteiger partial charge in [-0.2, -0.15) is 0 Å². The standard InChI is InChI=1S/C20H22ClNO8/c1-27-17-8-14(22-10-23)18(28-2)11(19(17)29-3)5-4-6-30-20(26)12-7-13(21)16(25)9-15(12)24/h7-10,24-25H,4-6H2,1-3H3,(H,22,23). The Balaban J connectivity index is 2.15. The molecule has 0 aliphatic carbocycles. The molecule has 0 unspecified atom stereocenters. The van der Waals surface area contributed by atoms with Crippen LogP contribution in [0.3, 0.4) is 0 Å². The number of phenols is 2. The van der Waals surface area contributed by atoms with Gasteiger partial charge in [-0.25, -0.2) is 4.79 Å². The Kier molecular flexibility index (Phi) is 7.99. The number of amides is 1. The van der Waals surface area contributed by atoms with Crippen LogP contribution in [0.15, 0.2) is 18.2 Å². The summed E-state index contributed by atoms with van der Waals surface area (Å²) in [4.78, 5) is 23.1. The molecule has 2 aromatic carbocycles. The van der Waals surface area contributed by atoms with E-state index in [2.05, 4.69) is 5.32 Å². The number of phenolic OH excluding ortho intramolecular Hbond substituents is 2. The van der Waals surface area contributed by atoms with Gasteiger partial charge in [0.2, 0.25) is 6.41 Å². The van der Waals surface area contributed by atoms with Gasteiger partial charge >= 0.3 is 5.97 Å². The fraction of sp³-hybridized carbons (Fsp3) is 0.300. The topological polar surface area (TPSA) is 124 Å². The third-order valence-electron chi connectivity index (χ3n) is 4.22. The summed E-state index contributed by atoms with van der Waals surface area (Å²) < 4.78 is 21.4. The van der Waals surface area contributed by atoms with Crippen molar-refractivity contribution >= 4 is 29.7 Å². The van der Waals surface area contributed by atoms with E-state index in [4.69, 9.17) is 30.5 Å². The van der Waals surface area contributed by atoms with Crippen molar-refractivity contribution in [3.05, 3.63) is 34.3 Å². The number of nitrogens with one attached hydrogen (secondary N) is 1. The Bertz CT molecular complexity index is 932. The number of carbonyl (C=O) groups excluding carboxylic acids is 2. The van der Waals surface area contributed by atoms with E-state index in [0.717, 1.165) is 12.1 Å². The van der Waals surface area contributed by atoms with E-state index < -0.39 is 11.7 Å². The Morgan fingerprint density at radius 3 is 2.37 bits per heavy atom. The first-order valence-corrected chi connectivity index (χ1v) is 9.16. The van der Waals surface area contributed by atoms with E-state index in [9.17, 15) is 19.8 Å². The summed E-state index contributed by atoms with van der Waals surface area (Å²) in [5.41, 5.74) is 0.864. The minimum absolute atomic E-state index is 0.0106. The van der Waals surface area contributed by atoms with Crippen LogP contribution in [0.2, 0.25) is 5.02 Å². The molecule has 0 radical (unpaired) electrons. The van der Waals surface area contributed by atoms with Crippen LogP contribution in [0.1, 0.15) is 22.3 Å². The van der Waals surface area contributed by atoms with E-state index in [0.29, 0.717) is 47.8 Å². The van der Waals surface area contributed by atoms with Crippen LogP contribution in [-0.2, 0) is 16.0 Å². The van der Waals surface area contributed by atoms with Crippen LogP contribution in [0, 0.1) is 0 Å². The number of hydrogen-bond acceptors (Lipinski definition) is 8. The highest BCUT2D eigenvalue weighted by atomic mass is 35.5. The molecule has 0 atom stereocenters. The molecule has 9 nitrogen and oxygen atoms in total. The molecule has 0 spiro atoms. The first-order chi connectivity index (χ1) is 14.4. The minimum atomic E-state index is -0.790. The van der Waals surface area contributed by atoms with Gasteiger partial charge in [0.15, 0.2) is 11.5 Å². The SMILES string of the molecule is COc1cc(NC=O)c(OC)c(CCCOC(=O)c2cc(Cl)c(O)cc2O)c1OC. The lowest BCUT2D eigenvalue weighted by molar-refractivity contribution is -0.105. The van der Waals surface area contributed by atoms with Crippen molar-refractivity contribution in [3.63, 3.8) is 0 Å². The fourth-order valence-electron chi connectivity index (χ4n) is 2.89. The number of ether oxygens (including phenoxy) is 4. The third-order valence-corrected chi connectivity index (χ3v) is 4.53. The molecule has 10 heteroatoms. The number of aromatic hydroxyl groups is 2. The molecule has 0 aliphatic heterocycles. The van der Waals surface area contributed by atoms with Gasteiger partial charge in [0, 0.05) is 17.7 Å². The fourth-order valence-corrected chi connectivity index (χ4v) is 3.05. The van der Waals surface area contributed by atoms with Crippen molar-refractivity contribution in [1.82, 2.24) is 0 Å². The molecule has 162 valence electrons. The molecular formula is C20H22ClNO8. The molecular weight excluding hydrogens is 418 g/mol. The zero-order valence-corrected chi connectivity index (χ0v) is 17.4. The number of halogens is 1. The number of hydrogen-bond donors (Lipinski definition) is 3. The molecule has 1 amide bonds. The molecule has 30 heavy (non-hydrogen) atoms. The molecule has 3 N–H and O–H groups in total. The quantitative estimate of drug-likeness (QED) is 0.293. The van der Waals surface area contributed by atoms with Crippen molar-refractivity contribution in [2.75, 3.05) is 33.3 Å². The van der Waals surface area contributed by atoms with E-state index in [1.807, 2.05) is 0 Å². The van der Waals surface area contributed by atoms with E-state index in [1.54, 1.807) is 6.07 Å². The van der Waals surface area contributed by atoms with Crippen LogP contribution in [0.25, 0.3) is 0 Å². The molecule has 0 saturated heterocycles. The predicted octanol–water partition coefficient (Wildman–Crippen LogP) is 3.13. The lowest BCUT2D eigenvalue weighted by Crippen LogP contribution is -2.09. The summed E-state index contributed by atoms with van der Waals surface area (Å²) in [6.07, 6.45) is 1.26. The van der Waals surface area contributed by atoms with Crippen molar-refractivity contribution in [2.45, 2.75) is 12.8 Å². The maximum Gasteiger partial charge on any atom is 0.341 e. The number of methoxy groups -OCH3 is 3. The van der Waals surface area contributed by atoms with Crippen molar-refractivity contribution in [1.29, 1.82) is 0 Å². The second-order valence-electron chi connectivity index (χ2n) is 5.99. The summed E-state index contributed by atoms with van der Waals surface area (Å²) >= 11 is 5.77. The number of anilines is 1. The highest BCUT2D eigenvalue weighted by Gasteiger charge is 2.21. The Morgan fingerprint density at radius 2 is 1.77 bits per heavy atom. The van der Waals surface area contributed by atoms with Crippen LogP contribution in [-0.4, -0.2) is 50.5 Å². The van der Waals surface area contributed by atoms with Gasteiger partial charge in [-0.15, -0.1) is 0 Å². The van der Waals surface area contributed by atoms with Crippen molar-refractivity contribution < 1.29 is 38.7 Å². The van der Waals surface area contributed by atoms with Crippen molar-refractivity contribution in [3.8, 4) is 28.7 Å². The van der Waals surface area contributed by atoms with Gasteiger partial charge in [-0.05, 0) is 18.9 Å². The van der Waals surface area contributed by atoms with E-state index in [-0.39, 0.29) is 22.9 Å². The molecule has 2 aromatic rings. The van der Waals surface area contributed by atoms with Crippen LogP contribution in [0.5, 0.6) is 28.7 Å². The maximum atomic E-state index is 12.2. The lowest BCUT2D eigenvalue weighted by atomic mass is 10.0. The zero-order valence-electron chi connectivity index (χ0n) is 16.7. The molecule has 0 heterocycles. The van der Waals surface area contributed by atoms with E-state index in [1.165, 1.54) is 21.3 Å². The second kappa shape index (κ2) is 10.4. The normalized spacial score (nSPS) is 10.3. The summed E-state index contributed by atoms with van der Waals surface area (Å²) in [5, 5.41) is 21.7. The average Bonchev–Trinajstić information content (AvgIpc) is 2.73. The molecule has 2 rings (SSSR count). The molecule has 0 aromatic heterocycles. The van der Waals surface area contributed by atoms with Gasteiger partial charge < -0.3 is 34.5 Å². The summed E-state index contributed by atoms with van der Waals surface area (Å²) in [5.74, 6) is -0.347. The molecule has 0 bridgehead atoms. The third kappa shape index (κ3) is 4.98. The van der Waals surface area contributed by atoms with Gasteiger partial charge in [-0.3, -0.25) is 4.79 Å². The molecule has 0 fully saturated rings. The van der Waals surface area contributed by atoms with E-state index >= 15 is 0 Å². The number of rotatable bonds is 10. The monoisotopic (exact) mass is 439 g/mol. The highest BCUT2D eigenvalue weighted by molar-refractivity contribution is 6.32. The van der Waals surface area contributed by atoms with Gasteiger partial charge in [0.1, 0.15) is 22.8 Å². The van der Waals surface area contributed by atoms with Crippen LogP contribution in [0.4, 0.5) is 5.69 Å². The Labute approximate surface area is 178 Å². The predicted molar refractivity (Wildman–Crippen MR) is 109 cm³/mol. The van der Waals surface area contributed by atoms with Gasteiger partial charge in [-0.1, -0.05) is 11.6 Å². The summed E-state index contributed by atoms with van der Waals surface area (Å²) in [7, 11) is 4.40. The van der Waals surface area contributed by atoms with Crippen LogP contribution < -0.4 is 19.5 Å². The molecule has 0 saturated carbocycles. The summed E-state index contributed by atoms with van der Waals surface area (Å²) in [6, 6.07) is 3.67. The zero-order chi connectivity index (χ0) is 22.3. The van der Waals surface area contributed by atoms with Crippen LogP contribution >= 0.6 is 11.6 Å². The average molecular weight is 440 g/mol. The molecule has 0 aliphatic rings. The Morgan fingerprint density at radius 1 is 1.07 bits per heavy atom. The van der Waals surface area contributed by atoms with Gasteiger partial charge in [0.25, 0.3) is 0 Å². The lowest BCUT2D eigenvalue weighted by Gasteiger charge is -2.19. The smallest absolute Gasteiger partial charge is 0.341 e. The first-order valence-electron chi connectivity index (χ1n) is 8.78. The second-order valence-corrected chi connectivity index (χ2v) is 6.40. The largest absolute Gasteiger partial charge is 0.507 e. The Hall–Kier alpha value is -3.33.